The van der Waals surface area contributed by atoms with Crippen molar-refractivity contribution in [3.8, 4) is 0 Å². The molecule has 0 aliphatic rings. The fourth-order valence-corrected chi connectivity index (χ4v) is 1.69. The van der Waals surface area contributed by atoms with E-state index in [1.54, 1.807) is 6.07 Å². The largest absolute Gasteiger partial charge is 0.353 e. The van der Waals surface area contributed by atoms with E-state index < -0.39 is 11.6 Å². The van der Waals surface area contributed by atoms with E-state index in [1.807, 2.05) is 13.8 Å². The second kappa shape index (κ2) is 8.96. The van der Waals surface area contributed by atoms with Crippen molar-refractivity contribution in [1.29, 1.82) is 0 Å². The minimum atomic E-state index is -0.823. The van der Waals surface area contributed by atoms with Gasteiger partial charge in [0.2, 0.25) is 0 Å². The van der Waals surface area contributed by atoms with Crippen LogP contribution in [0.3, 0.4) is 0 Å². The van der Waals surface area contributed by atoms with E-state index in [9.17, 15) is 8.78 Å². The monoisotopic (exact) mass is 273 g/mol. The number of hydrogen-bond donors (Lipinski definition) is 1. The Hall–Kier alpha value is -1.04. The highest BCUT2D eigenvalue weighted by molar-refractivity contribution is 5.17. The van der Waals surface area contributed by atoms with Crippen LogP contribution in [0, 0.1) is 11.6 Å². The molecule has 1 rings (SSSR count). The molecule has 5 heteroatoms. The summed E-state index contributed by atoms with van der Waals surface area (Å²) >= 11 is 0. The van der Waals surface area contributed by atoms with Gasteiger partial charge in [-0.1, -0.05) is 6.07 Å². The standard InChI is InChI=1S/C14H21F2NO2/c1-3-18-14(19-4-2)7-8-17-10-11-5-6-12(15)13(16)9-11/h5-6,9,14,17H,3-4,7-8,10H2,1-2H3. The normalized spacial score (nSPS) is 11.2. The van der Waals surface area contributed by atoms with Crippen molar-refractivity contribution in [2.75, 3.05) is 19.8 Å². The fourth-order valence-electron chi connectivity index (χ4n) is 1.69. The third-order valence-electron chi connectivity index (χ3n) is 2.58. The van der Waals surface area contributed by atoms with Gasteiger partial charge < -0.3 is 14.8 Å². The highest BCUT2D eigenvalue weighted by Gasteiger charge is 2.07. The van der Waals surface area contributed by atoms with E-state index in [0.29, 0.717) is 38.3 Å². The molecule has 0 amide bonds. The number of benzene rings is 1. The average Bonchev–Trinajstić information content (AvgIpc) is 2.39. The molecule has 3 nitrogen and oxygen atoms in total. The van der Waals surface area contributed by atoms with Gasteiger partial charge in [-0.3, -0.25) is 0 Å². The number of hydrogen-bond acceptors (Lipinski definition) is 3. The van der Waals surface area contributed by atoms with Crippen molar-refractivity contribution in [2.45, 2.75) is 33.1 Å². The van der Waals surface area contributed by atoms with Gasteiger partial charge in [0.05, 0.1) is 0 Å². The van der Waals surface area contributed by atoms with Crippen LogP contribution in [0.15, 0.2) is 18.2 Å². The van der Waals surface area contributed by atoms with Gasteiger partial charge in [-0.25, -0.2) is 8.78 Å². The minimum absolute atomic E-state index is 0.215. The lowest BCUT2D eigenvalue weighted by Gasteiger charge is -2.17. The predicted octanol–water partition coefficient (Wildman–Crippen LogP) is 2.84. The summed E-state index contributed by atoms with van der Waals surface area (Å²) in [7, 11) is 0. The summed E-state index contributed by atoms with van der Waals surface area (Å²) in [5.41, 5.74) is 0.711. The Labute approximate surface area is 112 Å². The molecule has 108 valence electrons. The van der Waals surface area contributed by atoms with E-state index >= 15 is 0 Å². The lowest BCUT2D eigenvalue weighted by atomic mass is 10.2. The van der Waals surface area contributed by atoms with Crippen LogP contribution in [0.25, 0.3) is 0 Å². The number of ether oxygens (including phenoxy) is 2. The van der Waals surface area contributed by atoms with E-state index in [1.165, 1.54) is 6.07 Å². The highest BCUT2D eigenvalue weighted by atomic mass is 19.2. The molecule has 1 aromatic carbocycles. The van der Waals surface area contributed by atoms with Gasteiger partial charge >= 0.3 is 0 Å². The van der Waals surface area contributed by atoms with Crippen LogP contribution >= 0.6 is 0 Å². The number of halogens is 2. The molecule has 0 aromatic heterocycles. The smallest absolute Gasteiger partial charge is 0.159 e. The first-order valence-electron chi connectivity index (χ1n) is 6.55. The van der Waals surface area contributed by atoms with Gasteiger partial charge in [-0.15, -0.1) is 0 Å². The molecule has 0 atom stereocenters. The van der Waals surface area contributed by atoms with Crippen LogP contribution in [-0.2, 0) is 16.0 Å². The van der Waals surface area contributed by atoms with Gasteiger partial charge in [0, 0.05) is 32.7 Å². The second-order valence-corrected chi connectivity index (χ2v) is 4.05. The average molecular weight is 273 g/mol. The fraction of sp³-hybridized carbons (Fsp3) is 0.571. The molecule has 0 spiro atoms. The first-order valence-corrected chi connectivity index (χ1v) is 6.55. The van der Waals surface area contributed by atoms with E-state index in [4.69, 9.17) is 9.47 Å². The Morgan fingerprint density at radius 1 is 1.11 bits per heavy atom. The maximum Gasteiger partial charge on any atom is 0.159 e. The maximum atomic E-state index is 13.0. The van der Waals surface area contributed by atoms with Gasteiger partial charge in [0.25, 0.3) is 0 Å². The molecule has 0 saturated carbocycles. The summed E-state index contributed by atoms with van der Waals surface area (Å²) < 4.78 is 36.5. The van der Waals surface area contributed by atoms with Crippen molar-refractivity contribution < 1.29 is 18.3 Å². The summed E-state index contributed by atoms with van der Waals surface area (Å²) in [6, 6.07) is 3.90. The van der Waals surface area contributed by atoms with Gasteiger partial charge in [0.1, 0.15) is 0 Å². The van der Waals surface area contributed by atoms with Crippen molar-refractivity contribution in [3.63, 3.8) is 0 Å². The zero-order valence-corrected chi connectivity index (χ0v) is 11.4. The summed E-state index contributed by atoms with van der Waals surface area (Å²) in [6.07, 6.45) is 0.498. The molecule has 0 heterocycles. The lowest BCUT2D eigenvalue weighted by molar-refractivity contribution is -0.138. The third-order valence-corrected chi connectivity index (χ3v) is 2.58. The van der Waals surface area contributed by atoms with Crippen LogP contribution in [0.1, 0.15) is 25.8 Å². The molecule has 0 radical (unpaired) electrons. The number of rotatable bonds is 9. The zero-order chi connectivity index (χ0) is 14.1. The van der Waals surface area contributed by atoms with Crippen molar-refractivity contribution in [1.82, 2.24) is 5.32 Å². The number of nitrogens with one attached hydrogen (secondary N) is 1. The van der Waals surface area contributed by atoms with Crippen LogP contribution < -0.4 is 5.32 Å². The highest BCUT2D eigenvalue weighted by Crippen LogP contribution is 2.08. The van der Waals surface area contributed by atoms with Crippen molar-refractivity contribution in [2.24, 2.45) is 0 Å². The van der Waals surface area contributed by atoms with Crippen molar-refractivity contribution >= 4 is 0 Å². The Kier molecular flexibility index (Phi) is 7.55. The first kappa shape index (κ1) is 16.0. The van der Waals surface area contributed by atoms with Gasteiger partial charge in [0.15, 0.2) is 17.9 Å². The van der Waals surface area contributed by atoms with E-state index in [-0.39, 0.29) is 6.29 Å². The molecule has 1 aromatic rings. The molecular weight excluding hydrogens is 252 g/mol. The SMILES string of the molecule is CCOC(CCNCc1ccc(F)c(F)c1)OCC. The molecular formula is C14H21F2NO2. The molecule has 0 aliphatic carbocycles. The lowest BCUT2D eigenvalue weighted by Crippen LogP contribution is -2.24. The molecule has 0 unspecified atom stereocenters. The van der Waals surface area contributed by atoms with Crippen LogP contribution in [-0.4, -0.2) is 26.0 Å². The predicted molar refractivity (Wildman–Crippen MR) is 69.7 cm³/mol. The molecule has 0 saturated heterocycles. The molecule has 19 heavy (non-hydrogen) atoms. The summed E-state index contributed by atoms with van der Waals surface area (Å²) in [5, 5.41) is 3.15. The zero-order valence-electron chi connectivity index (χ0n) is 11.4. The van der Waals surface area contributed by atoms with Crippen molar-refractivity contribution in [3.05, 3.63) is 35.4 Å². The summed E-state index contributed by atoms with van der Waals surface area (Å²) in [4.78, 5) is 0. The molecule has 0 fully saturated rings. The summed E-state index contributed by atoms with van der Waals surface area (Å²) in [6.45, 7) is 6.22. The van der Waals surface area contributed by atoms with E-state index in [2.05, 4.69) is 5.32 Å². The quantitative estimate of drug-likeness (QED) is 0.554. The van der Waals surface area contributed by atoms with Crippen LogP contribution in [0.5, 0.6) is 0 Å². The second-order valence-electron chi connectivity index (χ2n) is 4.05. The Bertz CT molecular complexity index is 368. The molecule has 0 aliphatic heterocycles. The van der Waals surface area contributed by atoms with E-state index in [0.717, 1.165) is 6.07 Å². The molecule has 1 N–H and O–H groups in total. The Morgan fingerprint density at radius 2 is 1.79 bits per heavy atom. The van der Waals surface area contributed by atoms with Crippen LogP contribution in [0.2, 0.25) is 0 Å². The molecule has 0 bridgehead atoms. The van der Waals surface area contributed by atoms with Crippen LogP contribution in [0.4, 0.5) is 8.78 Å². The maximum absolute atomic E-state index is 13.0. The van der Waals surface area contributed by atoms with Gasteiger partial charge in [-0.2, -0.15) is 0 Å². The summed E-state index contributed by atoms with van der Waals surface area (Å²) in [5.74, 6) is -1.64. The topological polar surface area (TPSA) is 30.5 Å². The Morgan fingerprint density at radius 3 is 2.37 bits per heavy atom. The van der Waals surface area contributed by atoms with Gasteiger partial charge in [-0.05, 0) is 31.5 Å². The first-order chi connectivity index (χ1) is 9.17. The minimum Gasteiger partial charge on any atom is -0.353 e. The third kappa shape index (κ3) is 6.09. The Balaban J connectivity index is 2.27.